The second kappa shape index (κ2) is 13.0. The molecule has 0 radical (unpaired) electrons. The number of carboxylic acid groups (broad SMARTS) is 1. The number of aryl methyl sites for hydroxylation is 3. The Morgan fingerprint density at radius 2 is 1.79 bits per heavy atom. The van der Waals surface area contributed by atoms with Crippen LogP contribution < -0.4 is 5.32 Å². The van der Waals surface area contributed by atoms with Gasteiger partial charge in [0.05, 0.1) is 0 Å². The minimum atomic E-state index is -0.984. The summed E-state index contributed by atoms with van der Waals surface area (Å²) in [7, 11) is 0. The molecule has 0 aliphatic carbocycles. The molecule has 4 rings (SSSR count). The van der Waals surface area contributed by atoms with Gasteiger partial charge >= 0.3 is 240 Å². The first-order valence-corrected chi connectivity index (χ1v) is 15.0. The van der Waals surface area contributed by atoms with Gasteiger partial charge in [-0.2, -0.15) is 0 Å². The molecule has 7 nitrogen and oxygen atoms in total. The van der Waals surface area contributed by atoms with Crippen LogP contribution in [0.4, 0.5) is 8.78 Å². The van der Waals surface area contributed by atoms with Crippen LogP contribution in [0.5, 0.6) is 0 Å². The molecule has 0 aliphatic rings. The topological polar surface area (TPSA) is 92.4 Å². The van der Waals surface area contributed by atoms with E-state index in [0.29, 0.717) is 36.0 Å². The molecule has 0 saturated heterocycles. The summed E-state index contributed by atoms with van der Waals surface area (Å²) in [5.41, 5.74) is 4.49. The van der Waals surface area contributed by atoms with Gasteiger partial charge in [-0.05, 0) is 0 Å². The molecule has 4 aromatic rings. The SMILES string of the molecule is CCc1cccc(CNC[C@@H](C([AsH2])Cc2cc(F)cc(F)c2)[C@H](Sc2nnc3nc(C)cc(C)n23)C(=O)O)c1. The van der Waals surface area contributed by atoms with Crippen LogP contribution in [0.25, 0.3) is 5.78 Å². The van der Waals surface area contributed by atoms with Gasteiger partial charge in [-0.25, -0.2) is 0 Å². The normalized spacial score (nSPS) is 13.9. The number of nitrogens with one attached hydrogen (secondary N) is 1. The van der Waals surface area contributed by atoms with Gasteiger partial charge in [-0.1, -0.05) is 0 Å². The van der Waals surface area contributed by atoms with Crippen molar-refractivity contribution >= 4 is 40.4 Å². The van der Waals surface area contributed by atoms with Crippen molar-refractivity contribution in [1.29, 1.82) is 0 Å². The molecule has 0 bridgehead atoms. The van der Waals surface area contributed by atoms with E-state index in [4.69, 9.17) is 0 Å². The molecule has 4 atom stereocenters. The molecule has 0 spiro atoms. The molecule has 2 N–H and O–H groups in total. The summed E-state index contributed by atoms with van der Waals surface area (Å²) in [5, 5.41) is 21.8. The number of hydrogen-bond acceptors (Lipinski definition) is 6. The van der Waals surface area contributed by atoms with Gasteiger partial charge in [0.1, 0.15) is 0 Å². The average molecular weight is 616 g/mol. The molecular weight excluding hydrogens is 583 g/mol. The van der Waals surface area contributed by atoms with E-state index in [0.717, 1.165) is 41.2 Å². The van der Waals surface area contributed by atoms with Gasteiger partial charge in [0.2, 0.25) is 0 Å². The fraction of sp³-hybridized carbons (Fsp3) is 0.357. The molecule has 2 aromatic carbocycles. The predicted molar refractivity (Wildman–Crippen MR) is 151 cm³/mol. The van der Waals surface area contributed by atoms with Gasteiger partial charge in [0, 0.05) is 0 Å². The van der Waals surface area contributed by atoms with E-state index in [1.165, 1.54) is 34.5 Å². The van der Waals surface area contributed by atoms with E-state index >= 15 is 0 Å². The van der Waals surface area contributed by atoms with Gasteiger partial charge in [-0.3, -0.25) is 0 Å². The Balaban J connectivity index is 1.61. The van der Waals surface area contributed by atoms with Crippen molar-refractivity contribution in [1.82, 2.24) is 24.9 Å². The Morgan fingerprint density at radius 3 is 2.49 bits per heavy atom. The predicted octanol–water partition coefficient (Wildman–Crippen LogP) is 4.20. The van der Waals surface area contributed by atoms with Gasteiger partial charge in [-0.15, -0.1) is 0 Å². The fourth-order valence-corrected chi connectivity index (χ4v) is 7.57. The van der Waals surface area contributed by atoms with E-state index in [1.54, 1.807) is 4.40 Å². The molecule has 0 fully saturated rings. The Hall–Kier alpha value is -2.81. The molecule has 2 aromatic heterocycles. The van der Waals surface area contributed by atoms with Crippen molar-refractivity contribution in [2.24, 2.45) is 5.92 Å². The Labute approximate surface area is 239 Å². The molecule has 0 aliphatic heterocycles. The Kier molecular flexibility index (Phi) is 9.75. The summed E-state index contributed by atoms with van der Waals surface area (Å²) in [6.45, 7) is 6.84. The third kappa shape index (κ3) is 7.44. The van der Waals surface area contributed by atoms with E-state index in [1.807, 2.05) is 32.0 Å². The van der Waals surface area contributed by atoms with Crippen LogP contribution in [0.15, 0.2) is 53.7 Å². The van der Waals surface area contributed by atoms with Crippen LogP contribution in [0, 0.1) is 31.4 Å². The van der Waals surface area contributed by atoms with Crippen molar-refractivity contribution in [3.63, 3.8) is 0 Å². The summed E-state index contributed by atoms with van der Waals surface area (Å²) in [4.78, 5) is 17.1. The molecule has 0 amide bonds. The molecule has 2 unspecified atom stereocenters. The van der Waals surface area contributed by atoms with Crippen LogP contribution in [0.3, 0.4) is 0 Å². The second-order valence-corrected chi connectivity index (χ2v) is 12.6. The summed E-state index contributed by atoms with van der Waals surface area (Å²) in [6.07, 6.45) is 1.27. The van der Waals surface area contributed by atoms with Crippen molar-refractivity contribution in [3.05, 3.63) is 88.2 Å². The van der Waals surface area contributed by atoms with E-state index in [-0.39, 0.29) is 10.6 Å². The number of carbonyl (C=O) groups is 1. The third-order valence-electron chi connectivity index (χ3n) is 6.58. The molecule has 0 saturated carbocycles. The van der Waals surface area contributed by atoms with Crippen LogP contribution in [-0.2, 0) is 24.2 Å². The second-order valence-electron chi connectivity index (χ2n) is 9.65. The number of nitrogens with zero attached hydrogens (tertiary/aromatic N) is 4. The third-order valence-corrected chi connectivity index (χ3v) is 9.39. The number of aromatic nitrogens is 4. The summed E-state index contributed by atoms with van der Waals surface area (Å²) in [6, 6.07) is 13.6. The quantitative estimate of drug-likeness (QED) is 0.182. The fourth-order valence-electron chi connectivity index (χ4n) is 4.69. The van der Waals surface area contributed by atoms with Crippen LogP contribution >= 0.6 is 11.8 Å². The summed E-state index contributed by atoms with van der Waals surface area (Å²) >= 11 is 2.46. The number of fused-ring (bicyclic) bond motifs is 1. The van der Waals surface area contributed by atoms with E-state index in [2.05, 4.69) is 39.6 Å². The minimum absolute atomic E-state index is 0.164. The van der Waals surface area contributed by atoms with Crippen molar-refractivity contribution < 1.29 is 18.7 Å². The van der Waals surface area contributed by atoms with Gasteiger partial charge in [0.25, 0.3) is 0 Å². The van der Waals surface area contributed by atoms with Crippen LogP contribution in [0.2, 0.25) is 4.71 Å². The maximum atomic E-state index is 13.9. The Morgan fingerprint density at radius 1 is 1.08 bits per heavy atom. The molecular formula is C28H32AsF2N5O2S. The standard InChI is InChI=1S/C28H32AsF2N5O2S/c1-4-18-6-5-7-19(9-18)14-32-15-23(24(29)12-20-10-21(30)13-22(31)11-20)25(26(37)38)39-28-35-34-27-33-16(2)8-17(3)36(27)28/h5-11,13,23-25,32H,4,12,14-15,29H2,1-3H3,(H,37,38)/t23-,24?,25-/m0/s1. The number of carboxylic acids is 1. The zero-order chi connectivity index (χ0) is 28.1. The van der Waals surface area contributed by atoms with Crippen molar-refractivity contribution in [3.8, 4) is 0 Å². The molecule has 39 heavy (non-hydrogen) atoms. The number of benzene rings is 2. The monoisotopic (exact) mass is 615 g/mol. The zero-order valence-electron chi connectivity index (χ0n) is 22.1. The number of halogens is 2. The van der Waals surface area contributed by atoms with Crippen molar-refractivity contribution in [2.75, 3.05) is 6.54 Å². The maximum absolute atomic E-state index is 13.9. The van der Waals surface area contributed by atoms with Gasteiger partial charge in [0.15, 0.2) is 0 Å². The van der Waals surface area contributed by atoms with Crippen LogP contribution in [0.1, 0.15) is 35.0 Å². The number of hydrogen-bond donors (Lipinski definition) is 2. The molecule has 2 heterocycles. The number of rotatable bonds is 12. The molecule has 11 heteroatoms. The number of thioether (sulfide) groups is 1. The zero-order valence-corrected chi connectivity index (χ0v) is 25.3. The van der Waals surface area contributed by atoms with Crippen LogP contribution in [-0.4, -0.2) is 59.3 Å². The van der Waals surface area contributed by atoms with Crippen molar-refractivity contribution in [2.45, 2.75) is 55.3 Å². The van der Waals surface area contributed by atoms with E-state index in [9.17, 15) is 18.7 Å². The summed E-state index contributed by atoms with van der Waals surface area (Å²) < 4.78 is 29.4. The average Bonchev–Trinajstić information content (AvgIpc) is 3.27. The van der Waals surface area contributed by atoms with E-state index < -0.39 is 22.9 Å². The number of aliphatic carboxylic acids is 1. The first-order chi connectivity index (χ1) is 18.6. The summed E-state index contributed by atoms with van der Waals surface area (Å²) in [5.74, 6) is -2.24. The molecule has 206 valence electrons. The first kappa shape index (κ1) is 29.2. The Bertz CT molecular complexity index is 1450. The first-order valence-electron chi connectivity index (χ1n) is 12.7. The van der Waals surface area contributed by atoms with Gasteiger partial charge < -0.3 is 0 Å².